The summed E-state index contributed by atoms with van der Waals surface area (Å²) in [6.07, 6.45) is -4.60. The first kappa shape index (κ1) is 25.4. The molecule has 0 radical (unpaired) electrons. The number of aromatic nitrogens is 4. The van der Waals surface area contributed by atoms with Gasteiger partial charge in [-0.2, -0.15) is 18.3 Å². The number of nitrogens with zero attached hydrogens (tertiary/aromatic N) is 5. The van der Waals surface area contributed by atoms with Crippen molar-refractivity contribution in [2.45, 2.75) is 37.5 Å². The number of halogens is 6. The van der Waals surface area contributed by atoms with Crippen LogP contribution in [-0.2, 0) is 16.1 Å². The lowest BCUT2D eigenvalue weighted by atomic mass is 10.0. The number of likely N-dealkylation sites (tertiary alicyclic amines) is 1. The molecule has 0 saturated carbocycles. The molecule has 2 unspecified atom stereocenters. The summed E-state index contributed by atoms with van der Waals surface area (Å²) < 4.78 is 53.5. The lowest BCUT2D eigenvalue weighted by Crippen LogP contribution is -2.42. The molecule has 1 N–H and O–H groups in total. The maximum Gasteiger partial charge on any atom is 0.492 e. The third kappa shape index (κ3) is 4.53. The molecule has 5 rings (SSSR count). The Morgan fingerprint density at radius 1 is 1.16 bits per heavy atom. The van der Waals surface area contributed by atoms with Gasteiger partial charge >= 0.3 is 17.8 Å². The van der Waals surface area contributed by atoms with Gasteiger partial charge < -0.3 is 9.74 Å². The maximum absolute atomic E-state index is 14.7. The van der Waals surface area contributed by atoms with Gasteiger partial charge in [0.15, 0.2) is 16.0 Å². The van der Waals surface area contributed by atoms with Crippen molar-refractivity contribution in [2.75, 3.05) is 13.1 Å². The molecule has 2 aliphatic heterocycles. The van der Waals surface area contributed by atoms with Gasteiger partial charge in [-0.05, 0) is 30.5 Å². The van der Waals surface area contributed by atoms with E-state index in [1.165, 1.54) is 17.0 Å². The van der Waals surface area contributed by atoms with Crippen molar-refractivity contribution in [3.8, 4) is 0 Å². The Labute approximate surface area is 214 Å². The molecule has 37 heavy (non-hydrogen) atoms. The van der Waals surface area contributed by atoms with Crippen LogP contribution in [0, 0.1) is 5.82 Å². The van der Waals surface area contributed by atoms with Crippen molar-refractivity contribution in [1.29, 1.82) is 0 Å². The van der Waals surface area contributed by atoms with Gasteiger partial charge in [0.1, 0.15) is 11.5 Å². The van der Waals surface area contributed by atoms with Crippen molar-refractivity contribution in [3.05, 3.63) is 61.6 Å². The summed E-state index contributed by atoms with van der Waals surface area (Å²) >= 11 is 12.0. The molecule has 2 aliphatic rings. The second-order valence-electron chi connectivity index (χ2n) is 8.55. The van der Waals surface area contributed by atoms with E-state index in [1.807, 2.05) is 0 Å². The molecule has 0 bridgehead atoms. The number of H-pyrrole nitrogens is 1. The van der Waals surface area contributed by atoms with Crippen LogP contribution < -0.4 is 5.69 Å². The molecule has 2 aromatic heterocycles. The first-order valence-electron chi connectivity index (χ1n) is 10.9. The van der Waals surface area contributed by atoms with Crippen LogP contribution in [0.4, 0.5) is 17.6 Å². The quantitative estimate of drug-likeness (QED) is 0.486. The van der Waals surface area contributed by atoms with Crippen LogP contribution in [0.1, 0.15) is 34.5 Å². The third-order valence-electron chi connectivity index (χ3n) is 6.38. The smallest absolute Gasteiger partial charge is 0.360 e. The predicted octanol–water partition coefficient (Wildman–Crippen LogP) is 2.76. The Balaban J connectivity index is 1.37. The highest BCUT2D eigenvalue weighted by Crippen LogP contribution is 2.34. The molecular weight excluding hydrogens is 547 g/mol. The Hall–Kier alpha value is -3.23. The summed E-state index contributed by atoms with van der Waals surface area (Å²) in [6, 6.07) is 2.69. The van der Waals surface area contributed by atoms with E-state index in [2.05, 4.69) is 20.0 Å². The first-order chi connectivity index (χ1) is 17.5. The van der Waals surface area contributed by atoms with Gasteiger partial charge in [0.2, 0.25) is 0 Å². The van der Waals surface area contributed by atoms with Crippen LogP contribution >= 0.6 is 23.2 Å². The van der Waals surface area contributed by atoms with Gasteiger partial charge in [0.25, 0.3) is 5.91 Å². The van der Waals surface area contributed by atoms with E-state index in [0.29, 0.717) is 5.56 Å². The predicted molar refractivity (Wildman–Crippen MR) is 120 cm³/mol. The lowest BCUT2D eigenvalue weighted by Gasteiger charge is -2.25. The third-order valence-corrected chi connectivity index (χ3v) is 7.09. The van der Waals surface area contributed by atoms with Crippen molar-refractivity contribution in [2.24, 2.45) is 0 Å². The molecule has 1 amide bonds. The Morgan fingerprint density at radius 2 is 1.89 bits per heavy atom. The van der Waals surface area contributed by atoms with E-state index >= 15 is 0 Å². The second kappa shape index (κ2) is 9.26. The minimum absolute atomic E-state index is 0.00671. The van der Waals surface area contributed by atoms with Crippen LogP contribution in [0.3, 0.4) is 0 Å². The molecule has 2 atom stereocenters. The fraction of sp³-hybridized carbons (Fsp3) is 0.381. The molecule has 4 heterocycles. The lowest BCUT2D eigenvalue weighted by molar-refractivity contribution is -0.241. The first-order valence-corrected chi connectivity index (χ1v) is 11.7. The molecule has 10 nitrogen and oxygen atoms in total. The zero-order chi connectivity index (χ0) is 26.6. The molecule has 0 aliphatic carbocycles. The van der Waals surface area contributed by atoms with E-state index in [0.717, 1.165) is 15.5 Å². The number of amides is 1. The van der Waals surface area contributed by atoms with Crippen molar-refractivity contribution >= 4 is 40.7 Å². The van der Waals surface area contributed by atoms with Crippen molar-refractivity contribution in [3.63, 3.8) is 0 Å². The van der Waals surface area contributed by atoms with Crippen molar-refractivity contribution in [1.82, 2.24) is 29.5 Å². The largest absolute Gasteiger partial charge is 0.492 e. The molecule has 2 fully saturated rings. The Morgan fingerprint density at radius 3 is 2.62 bits per heavy atom. The zero-order valence-electron chi connectivity index (χ0n) is 18.6. The number of aromatic amines is 1. The fourth-order valence-electron chi connectivity index (χ4n) is 4.75. The van der Waals surface area contributed by atoms with Gasteiger partial charge in [-0.3, -0.25) is 4.79 Å². The van der Waals surface area contributed by atoms with E-state index in [9.17, 15) is 31.9 Å². The van der Waals surface area contributed by atoms with Gasteiger partial charge in [-0.25, -0.2) is 28.5 Å². The summed E-state index contributed by atoms with van der Waals surface area (Å²) in [4.78, 5) is 46.5. The number of hydrogen-bond acceptors (Lipinski definition) is 7. The average molecular weight is 563 g/mol. The summed E-state index contributed by atoms with van der Waals surface area (Å²) in [5.41, 5.74) is -0.0864. The van der Waals surface area contributed by atoms with E-state index in [-0.39, 0.29) is 59.6 Å². The van der Waals surface area contributed by atoms with Gasteiger partial charge in [-0.1, -0.05) is 29.3 Å². The molecule has 16 heteroatoms. The highest BCUT2D eigenvalue weighted by atomic mass is 35.5. The molecule has 196 valence electrons. The van der Waals surface area contributed by atoms with Gasteiger partial charge in [-0.15, -0.1) is 5.06 Å². The van der Waals surface area contributed by atoms with Crippen LogP contribution in [0.25, 0.3) is 5.65 Å². The molecular formula is C21H16Cl2F4N6O4. The number of rotatable bonds is 4. The molecule has 0 spiro atoms. The summed E-state index contributed by atoms with van der Waals surface area (Å²) in [5.74, 6) is -3.77. The fourth-order valence-corrected chi connectivity index (χ4v) is 5.12. The standard InChI is InChI=1S/C21H16Cl2F4N6O4/c22-15-16(23)33-17(28-15)12(29-30-20(33)36)8-9-1-2-11(24)10(7-9)18(34)31-5-3-14-13(31)4-6-32(14)37-19(35)21(25,26)27/h1-2,7,13-14H,3-6,8H2,(H,30,36). The van der Waals surface area contributed by atoms with Crippen LogP contribution in [0.15, 0.2) is 23.0 Å². The number of fused-ring (bicyclic) bond motifs is 2. The SMILES string of the molecule is O=C(c1cc(Cc2n[nH]c(=O)n3c(Cl)c(Cl)nc23)ccc1F)N1CCC2C1CCN2OC(=O)C(F)(F)F. The number of benzene rings is 1. The minimum atomic E-state index is -5.14. The van der Waals surface area contributed by atoms with E-state index < -0.39 is 41.6 Å². The number of alkyl halides is 3. The van der Waals surface area contributed by atoms with Crippen LogP contribution in [-0.4, -0.2) is 72.8 Å². The van der Waals surface area contributed by atoms with E-state index in [4.69, 9.17) is 23.2 Å². The topological polar surface area (TPSA) is 113 Å². The Bertz CT molecular complexity index is 1480. The summed E-state index contributed by atoms with van der Waals surface area (Å²) in [6.45, 7) is 0.151. The normalized spacial score (nSPS) is 20.0. The van der Waals surface area contributed by atoms with Gasteiger partial charge in [0, 0.05) is 19.5 Å². The number of imidazole rings is 1. The maximum atomic E-state index is 14.7. The monoisotopic (exact) mass is 562 g/mol. The number of hydrogen-bond donors (Lipinski definition) is 1. The zero-order valence-corrected chi connectivity index (χ0v) is 20.1. The Kier molecular flexibility index (Phi) is 6.36. The molecule has 3 aromatic rings. The van der Waals surface area contributed by atoms with E-state index in [1.54, 1.807) is 0 Å². The average Bonchev–Trinajstić information content (AvgIpc) is 3.51. The highest BCUT2D eigenvalue weighted by Gasteiger charge is 2.50. The number of nitrogens with one attached hydrogen (secondary N) is 1. The van der Waals surface area contributed by atoms with Crippen LogP contribution in [0.5, 0.6) is 0 Å². The number of carbonyl (C=O) groups is 2. The summed E-state index contributed by atoms with van der Waals surface area (Å²) in [7, 11) is 0. The summed E-state index contributed by atoms with van der Waals surface area (Å²) in [5, 5.41) is 6.97. The number of carbonyl (C=O) groups excluding carboxylic acids is 2. The second-order valence-corrected chi connectivity index (χ2v) is 9.26. The van der Waals surface area contributed by atoms with Crippen LogP contribution in [0.2, 0.25) is 10.3 Å². The van der Waals surface area contributed by atoms with Crippen molar-refractivity contribution < 1.29 is 32.0 Å². The highest BCUT2D eigenvalue weighted by molar-refractivity contribution is 6.40. The minimum Gasteiger partial charge on any atom is -0.360 e. The van der Waals surface area contributed by atoms with Gasteiger partial charge in [0.05, 0.1) is 17.6 Å². The molecule has 2 saturated heterocycles. The number of hydroxylamine groups is 2. The molecule has 1 aromatic carbocycles.